The summed E-state index contributed by atoms with van der Waals surface area (Å²) in [6.45, 7) is 0. The topological polar surface area (TPSA) is 150 Å². The van der Waals surface area contributed by atoms with Gasteiger partial charge in [-0.3, -0.25) is 14.1 Å². The number of rotatable bonds is 3. The molecule has 0 fully saturated rings. The molecule has 8 nitrogen and oxygen atoms in total. The SMILES string of the molecule is N#Cc1ccc(Nc2cc(S(=O)(=O)O)c(N)c3c2C(=O)c2ccccc2C3=O)cc1C(F)(F)F.[NaH]. The van der Waals surface area contributed by atoms with E-state index in [2.05, 4.69) is 5.32 Å². The van der Waals surface area contributed by atoms with Crippen LogP contribution in [0.15, 0.2) is 53.4 Å². The van der Waals surface area contributed by atoms with Crippen LogP contribution >= 0.6 is 0 Å². The quantitative estimate of drug-likeness (QED) is 0.215. The van der Waals surface area contributed by atoms with Crippen LogP contribution in [0.4, 0.5) is 30.2 Å². The molecule has 0 amide bonds. The van der Waals surface area contributed by atoms with Gasteiger partial charge >= 0.3 is 35.7 Å². The van der Waals surface area contributed by atoms with E-state index in [0.717, 1.165) is 18.2 Å². The molecule has 0 radical (unpaired) electrons. The number of ketones is 2. The summed E-state index contributed by atoms with van der Waals surface area (Å²) < 4.78 is 73.6. The number of alkyl halides is 3. The third kappa shape index (κ3) is 4.56. The Morgan fingerprint density at radius 1 is 0.971 bits per heavy atom. The van der Waals surface area contributed by atoms with E-state index in [0.29, 0.717) is 6.07 Å². The Bertz CT molecular complexity index is 1560. The van der Waals surface area contributed by atoms with E-state index in [1.165, 1.54) is 30.3 Å². The first-order valence-electron chi connectivity index (χ1n) is 9.35. The van der Waals surface area contributed by atoms with Crippen LogP contribution in [0.2, 0.25) is 0 Å². The third-order valence-electron chi connectivity index (χ3n) is 5.20. The molecule has 0 aromatic heterocycles. The number of benzene rings is 3. The summed E-state index contributed by atoms with van der Waals surface area (Å²) in [6, 6.07) is 10.4. The van der Waals surface area contributed by atoms with E-state index in [4.69, 9.17) is 11.0 Å². The number of nitriles is 1. The number of halogens is 3. The van der Waals surface area contributed by atoms with Gasteiger partial charge in [-0.25, -0.2) is 0 Å². The third-order valence-corrected chi connectivity index (χ3v) is 6.10. The fourth-order valence-electron chi connectivity index (χ4n) is 3.72. The zero-order valence-corrected chi connectivity index (χ0v) is 17.6. The number of nitrogen functional groups attached to an aromatic ring is 1. The Labute approximate surface area is 218 Å². The summed E-state index contributed by atoms with van der Waals surface area (Å²) in [4.78, 5) is 25.4. The maximum absolute atomic E-state index is 13.4. The molecule has 0 bridgehead atoms. The van der Waals surface area contributed by atoms with Crippen LogP contribution in [-0.4, -0.2) is 54.1 Å². The normalized spacial score (nSPS) is 12.8. The molecular formula is C22H13F3N3NaO5S. The molecule has 1 aliphatic rings. The van der Waals surface area contributed by atoms with Crippen LogP contribution in [0, 0.1) is 11.3 Å². The van der Waals surface area contributed by atoms with E-state index < -0.39 is 55.1 Å². The summed E-state index contributed by atoms with van der Waals surface area (Å²) >= 11 is 0. The second-order valence-corrected chi connectivity index (χ2v) is 8.65. The van der Waals surface area contributed by atoms with Crippen molar-refractivity contribution in [2.45, 2.75) is 11.1 Å². The molecule has 0 spiro atoms. The van der Waals surface area contributed by atoms with Crippen molar-refractivity contribution in [3.05, 3.63) is 81.9 Å². The van der Waals surface area contributed by atoms with E-state index in [1.807, 2.05) is 0 Å². The van der Waals surface area contributed by atoms with Crippen molar-refractivity contribution in [1.82, 2.24) is 0 Å². The number of anilines is 3. The van der Waals surface area contributed by atoms with Crippen molar-refractivity contribution in [2.75, 3.05) is 11.1 Å². The Balaban J connectivity index is 0.00000342. The first kappa shape index (κ1) is 26.4. The summed E-state index contributed by atoms with van der Waals surface area (Å²) in [6.07, 6.45) is -4.88. The second-order valence-electron chi connectivity index (χ2n) is 7.26. The zero-order valence-electron chi connectivity index (χ0n) is 16.8. The summed E-state index contributed by atoms with van der Waals surface area (Å²) in [5, 5.41) is 11.5. The van der Waals surface area contributed by atoms with E-state index >= 15 is 0 Å². The van der Waals surface area contributed by atoms with Crippen molar-refractivity contribution >= 4 is 68.3 Å². The fourth-order valence-corrected chi connectivity index (χ4v) is 4.36. The van der Waals surface area contributed by atoms with Crippen LogP contribution < -0.4 is 11.1 Å². The molecule has 0 atom stereocenters. The molecule has 0 saturated heterocycles. The fraction of sp³-hybridized carbons (Fsp3) is 0.0455. The van der Waals surface area contributed by atoms with Gasteiger partial charge in [0.05, 0.1) is 39.7 Å². The number of carbonyl (C=O) groups excluding carboxylic acids is 2. The zero-order chi connectivity index (χ0) is 25.0. The number of nitrogens with one attached hydrogen (secondary N) is 1. The molecule has 3 aromatic rings. The summed E-state index contributed by atoms with van der Waals surface area (Å²) in [5.74, 6) is -1.53. The molecule has 4 rings (SSSR count). The van der Waals surface area contributed by atoms with Gasteiger partial charge in [-0.05, 0) is 24.3 Å². The molecule has 0 aliphatic heterocycles. The predicted molar refractivity (Wildman–Crippen MR) is 121 cm³/mol. The Hall–Kier alpha value is -3.21. The number of hydrogen-bond donors (Lipinski definition) is 3. The van der Waals surface area contributed by atoms with E-state index in [-0.39, 0.29) is 57.6 Å². The van der Waals surface area contributed by atoms with Crippen molar-refractivity contribution in [1.29, 1.82) is 5.26 Å². The van der Waals surface area contributed by atoms with Crippen molar-refractivity contribution in [2.24, 2.45) is 0 Å². The van der Waals surface area contributed by atoms with Crippen LogP contribution in [0.1, 0.15) is 43.0 Å². The van der Waals surface area contributed by atoms with Gasteiger partial charge < -0.3 is 11.1 Å². The minimum absolute atomic E-state index is 0. The monoisotopic (exact) mass is 511 g/mol. The van der Waals surface area contributed by atoms with Crippen molar-refractivity contribution < 1.29 is 35.7 Å². The molecular weight excluding hydrogens is 498 g/mol. The van der Waals surface area contributed by atoms with Gasteiger partial charge in [-0.1, -0.05) is 24.3 Å². The minimum atomic E-state index is -4.99. The number of nitrogens with zero attached hydrogens (tertiary/aromatic N) is 1. The van der Waals surface area contributed by atoms with Gasteiger partial charge in [-0.15, -0.1) is 0 Å². The van der Waals surface area contributed by atoms with Crippen molar-refractivity contribution in [3.63, 3.8) is 0 Å². The van der Waals surface area contributed by atoms with Gasteiger partial charge in [0.1, 0.15) is 4.90 Å². The van der Waals surface area contributed by atoms with Gasteiger partial charge in [0.15, 0.2) is 11.6 Å². The standard InChI is InChI=1S/C22H12F3N3O5S.Na.H/c23-22(24,25)14-7-11(6-5-10(14)9-26)28-15-8-16(34(31,32)33)19(27)18-17(15)20(29)12-3-1-2-4-13(12)21(18)30;;/h1-8,28H,27H2,(H,31,32,33);;. The Kier molecular flexibility index (Phi) is 6.86. The second kappa shape index (κ2) is 9.10. The Morgan fingerprint density at radius 3 is 2.06 bits per heavy atom. The average molecular weight is 511 g/mol. The molecule has 0 unspecified atom stereocenters. The van der Waals surface area contributed by atoms with Crippen LogP contribution in [0.3, 0.4) is 0 Å². The van der Waals surface area contributed by atoms with E-state index in [9.17, 15) is 35.7 Å². The van der Waals surface area contributed by atoms with Crippen LogP contribution in [-0.2, 0) is 16.3 Å². The first-order valence-corrected chi connectivity index (χ1v) is 10.8. The number of fused-ring (bicyclic) bond motifs is 2. The molecule has 0 saturated carbocycles. The maximum atomic E-state index is 13.4. The molecule has 3 aromatic carbocycles. The number of hydrogen-bond acceptors (Lipinski definition) is 7. The summed E-state index contributed by atoms with van der Waals surface area (Å²) in [5.41, 5.74) is 1.67. The van der Waals surface area contributed by atoms with Crippen LogP contribution in [0.25, 0.3) is 0 Å². The predicted octanol–water partition coefficient (Wildman–Crippen LogP) is 3.28. The van der Waals surface area contributed by atoms with E-state index in [1.54, 1.807) is 0 Å². The van der Waals surface area contributed by atoms with Gasteiger partial charge in [0.25, 0.3) is 10.1 Å². The van der Waals surface area contributed by atoms with Gasteiger partial charge in [-0.2, -0.15) is 26.9 Å². The first-order chi connectivity index (χ1) is 15.8. The van der Waals surface area contributed by atoms with Gasteiger partial charge in [0, 0.05) is 16.8 Å². The molecule has 13 heteroatoms. The summed E-state index contributed by atoms with van der Waals surface area (Å²) in [7, 11) is -4.99. The molecule has 174 valence electrons. The number of nitrogens with two attached hydrogens (primary N) is 1. The molecule has 35 heavy (non-hydrogen) atoms. The van der Waals surface area contributed by atoms with Crippen molar-refractivity contribution in [3.8, 4) is 6.07 Å². The van der Waals surface area contributed by atoms with Crippen LogP contribution in [0.5, 0.6) is 0 Å². The van der Waals surface area contributed by atoms with Gasteiger partial charge in [0.2, 0.25) is 0 Å². The average Bonchev–Trinajstić information content (AvgIpc) is 2.77. The molecule has 0 heterocycles. The molecule has 4 N–H and O–H groups in total. The molecule has 1 aliphatic carbocycles. The number of carbonyl (C=O) groups is 2. The Morgan fingerprint density at radius 2 is 1.54 bits per heavy atom.